The number of thiophene rings is 1. The standard InChI is InChI=1S/C18H17BrN2OS/c19-12-5-6-16-13(10-12)15-11-14(17-4-3-9-23-17)20-21(15)18(22-16)7-1-2-8-18/h3-6,9-10,15H,1-2,7-8,11H2/t15-/m1/s1. The zero-order chi connectivity index (χ0) is 15.4. The smallest absolute Gasteiger partial charge is 0.198 e. The minimum atomic E-state index is -0.232. The monoisotopic (exact) mass is 388 g/mol. The van der Waals surface area contributed by atoms with Crippen LogP contribution in [-0.2, 0) is 0 Å². The quantitative estimate of drug-likeness (QED) is 0.659. The van der Waals surface area contributed by atoms with Gasteiger partial charge in [0, 0.05) is 29.3 Å². The Morgan fingerprint density at radius 1 is 1.26 bits per heavy atom. The van der Waals surface area contributed by atoms with Gasteiger partial charge in [-0.1, -0.05) is 22.0 Å². The summed E-state index contributed by atoms with van der Waals surface area (Å²) in [5, 5.41) is 9.44. The van der Waals surface area contributed by atoms with Crippen LogP contribution >= 0.6 is 27.3 Å². The van der Waals surface area contributed by atoms with E-state index in [0.29, 0.717) is 6.04 Å². The van der Waals surface area contributed by atoms with Gasteiger partial charge in [-0.15, -0.1) is 11.3 Å². The maximum atomic E-state index is 6.52. The molecule has 0 unspecified atom stereocenters. The summed E-state index contributed by atoms with van der Waals surface area (Å²) in [7, 11) is 0. The molecule has 0 N–H and O–H groups in total. The van der Waals surface area contributed by atoms with E-state index in [0.717, 1.165) is 29.5 Å². The average Bonchev–Trinajstić information content (AvgIpc) is 3.28. The lowest BCUT2D eigenvalue weighted by Gasteiger charge is -2.45. The van der Waals surface area contributed by atoms with Gasteiger partial charge in [0.1, 0.15) is 5.75 Å². The molecule has 1 atom stereocenters. The van der Waals surface area contributed by atoms with Crippen molar-refractivity contribution in [3.05, 3.63) is 50.6 Å². The van der Waals surface area contributed by atoms with Crippen molar-refractivity contribution < 1.29 is 4.74 Å². The fraction of sp³-hybridized carbons (Fsp3) is 0.389. The number of nitrogens with zero attached hydrogens (tertiary/aromatic N) is 2. The van der Waals surface area contributed by atoms with E-state index in [-0.39, 0.29) is 5.72 Å². The summed E-state index contributed by atoms with van der Waals surface area (Å²) in [4.78, 5) is 1.28. The van der Waals surface area contributed by atoms with Crippen LogP contribution in [0.3, 0.4) is 0 Å². The molecule has 3 nitrogen and oxygen atoms in total. The maximum Gasteiger partial charge on any atom is 0.198 e. The van der Waals surface area contributed by atoms with E-state index in [4.69, 9.17) is 9.84 Å². The summed E-state index contributed by atoms with van der Waals surface area (Å²) in [5.41, 5.74) is 2.23. The lowest BCUT2D eigenvalue weighted by atomic mass is 9.95. The molecule has 3 heterocycles. The topological polar surface area (TPSA) is 24.8 Å². The molecule has 1 saturated carbocycles. The van der Waals surface area contributed by atoms with Gasteiger partial charge >= 0.3 is 0 Å². The average molecular weight is 389 g/mol. The molecule has 2 aromatic rings. The number of halogens is 1. The Bertz CT molecular complexity index is 780. The Labute approximate surface area is 148 Å². The number of hydrogen-bond donors (Lipinski definition) is 0. The van der Waals surface area contributed by atoms with Gasteiger partial charge in [-0.2, -0.15) is 5.10 Å². The molecule has 1 fully saturated rings. The van der Waals surface area contributed by atoms with Crippen LogP contribution in [0.1, 0.15) is 48.6 Å². The van der Waals surface area contributed by atoms with Crippen LogP contribution in [0.15, 0.2) is 45.3 Å². The first-order chi connectivity index (χ1) is 11.3. The first kappa shape index (κ1) is 14.1. The third-order valence-corrected chi connectivity index (χ3v) is 6.56. The lowest BCUT2D eigenvalue weighted by molar-refractivity contribution is -0.114. The third kappa shape index (κ3) is 2.09. The summed E-state index contributed by atoms with van der Waals surface area (Å²) in [6.07, 6.45) is 5.55. The highest BCUT2D eigenvalue weighted by atomic mass is 79.9. The molecule has 0 saturated heterocycles. The van der Waals surface area contributed by atoms with Gasteiger partial charge in [0.15, 0.2) is 5.72 Å². The SMILES string of the molecule is Brc1ccc2c(c1)[C@H]1CC(c3cccs3)=NN1C1(CCCC1)O2. The fourth-order valence-electron chi connectivity index (χ4n) is 4.10. The van der Waals surface area contributed by atoms with Crippen molar-refractivity contribution in [2.24, 2.45) is 5.10 Å². The number of hydrazone groups is 1. The van der Waals surface area contributed by atoms with Gasteiger partial charge in [-0.05, 0) is 42.5 Å². The molecular formula is C18H17BrN2OS. The highest BCUT2D eigenvalue weighted by molar-refractivity contribution is 9.10. The number of rotatable bonds is 1. The van der Waals surface area contributed by atoms with Crippen molar-refractivity contribution in [1.29, 1.82) is 0 Å². The second kappa shape index (κ2) is 5.08. The molecule has 1 spiro atoms. The number of fused-ring (bicyclic) bond motifs is 4. The summed E-state index contributed by atoms with van der Waals surface area (Å²) in [5.74, 6) is 1.04. The highest BCUT2D eigenvalue weighted by Crippen LogP contribution is 2.52. The lowest BCUT2D eigenvalue weighted by Crippen LogP contribution is -2.51. The van der Waals surface area contributed by atoms with Crippen molar-refractivity contribution in [2.75, 3.05) is 0 Å². The molecule has 23 heavy (non-hydrogen) atoms. The third-order valence-electron chi connectivity index (χ3n) is 5.15. The molecule has 2 aliphatic heterocycles. The molecule has 0 amide bonds. The van der Waals surface area contributed by atoms with Crippen molar-refractivity contribution in [3.63, 3.8) is 0 Å². The van der Waals surface area contributed by atoms with Crippen molar-refractivity contribution >= 4 is 33.0 Å². The van der Waals surface area contributed by atoms with Crippen LogP contribution in [0.2, 0.25) is 0 Å². The van der Waals surface area contributed by atoms with Crippen LogP contribution in [-0.4, -0.2) is 16.4 Å². The molecule has 3 aliphatic rings. The minimum absolute atomic E-state index is 0.232. The molecular weight excluding hydrogens is 372 g/mol. The van der Waals surface area contributed by atoms with Crippen molar-refractivity contribution in [3.8, 4) is 5.75 Å². The maximum absolute atomic E-state index is 6.52. The number of benzene rings is 1. The van der Waals surface area contributed by atoms with Gasteiger partial charge in [0.2, 0.25) is 0 Å². The Hall–Kier alpha value is -1.33. The minimum Gasteiger partial charge on any atom is -0.466 e. The normalized spacial score (nSPS) is 24.3. The van der Waals surface area contributed by atoms with Crippen molar-refractivity contribution in [2.45, 2.75) is 43.9 Å². The van der Waals surface area contributed by atoms with E-state index in [9.17, 15) is 0 Å². The second-order valence-electron chi connectivity index (χ2n) is 6.53. The summed E-state index contributed by atoms with van der Waals surface area (Å²) in [6, 6.07) is 11.0. The van der Waals surface area contributed by atoms with Crippen LogP contribution < -0.4 is 4.74 Å². The molecule has 0 radical (unpaired) electrons. The van der Waals surface area contributed by atoms with Gasteiger partial charge in [0.25, 0.3) is 0 Å². The van der Waals surface area contributed by atoms with Crippen LogP contribution in [0.25, 0.3) is 0 Å². The van der Waals surface area contributed by atoms with E-state index < -0.39 is 0 Å². The highest BCUT2D eigenvalue weighted by Gasteiger charge is 2.51. The molecule has 1 aliphatic carbocycles. The Balaban J connectivity index is 1.63. The first-order valence-corrected chi connectivity index (χ1v) is 9.82. The Kier molecular flexibility index (Phi) is 3.10. The van der Waals surface area contributed by atoms with Crippen molar-refractivity contribution in [1.82, 2.24) is 5.01 Å². The molecule has 1 aromatic heterocycles. The predicted octanol–water partition coefficient (Wildman–Crippen LogP) is 5.32. The summed E-state index contributed by atoms with van der Waals surface area (Å²) >= 11 is 5.38. The predicted molar refractivity (Wildman–Crippen MR) is 96.0 cm³/mol. The Morgan fingerprint density at radius 2 is 2.13 bits per heavy atom. The summed E-state index contributed by atoms with van der Waals surface area (Å²) in [6.45, 7) is 0. The zero-order valence-electron chi connectivity index (χ0n) is 12.7. The van der Waals surface area contributed by atoms with E-state index in [2.05, 4.69) is 56.7 Å². The summed E-state index contributed by atoms with van der Waals surface area (Å²) < 4.78 is 7.62. The van der Waals surface area contributed by atoms with E-state index in [1.807, 2.05) is 0 Å². The number of ether oxygens (including phenoxy) is 1. The molecule has 118 valence electrons. The van der Waals surface area contributed by atoms with Gasteiger partial charge in [0.05, 0.1) is 16.6 Å². The zero-order valence-corrected chi connectivity index (χ0v) is 15.1. The van der Waals surface area contributed by atoms with Gasteiger partial charge in [-0.3, -0.25) is 0 Å². The molecule has 5 heteroatoms. The Morgan fingerprint density at radius 3 is 2.91 bits per heavy atom. The van der Waals surface area contributed by atoms with Gasteiger partial charge in [-0.25, -0.2) is 5.01 Å². The molecule has 5 rings (SSSR count). The van der Waals surface area contributed by atoms with Crippen LogP contribution in [0.5, 0.6) is 5.75 Å². The number of hydrogen-bond acceptors (Lipinski definition) is 4. The van der Waals surface area contributed by atoms with Gasteiger partial charge < -0.3 is 4.74 Å². The van der Waals surface area contributed by atoms with E-state index in [1.165, 1.54) is 29.0 Å². The second-order valence-corrected chi connectivity index (χ2v) is 8.39. The van der Waals surface area contributed by atoms with E-state index >= 15 is 0 Å². The fourth-order valence-corrected chi connectivity index (χ4v) is 5.20. The molecule has 1 aromatic carbocycles. The van der Waals surface area contributed by atoms with Crippen LogP contribution in [0, 0.1) is 0 Å². The van der Waals surface area contributed by atoms with E-state index in [1.54, 1.807) is 11.3 Å². The molecule has 0 bridgehead atoms. The largest absolute Gasteiger partial charge is 0.466 e. The van der Waals surface area contributed by atoms with Crippen LogP contribution in [0.4, 0.5) is 0 Å². The first-order valence-electron chi connectivity index (χ1n) is 8.14.